The van der Waals surface area contributed by atoms with Gasteiger partial charge >= 0.3 is 0 Å². The Bertz CT molecular complexity index is 640. The van der Waals surface area contributed by atoms with Gasteiger partial charge in [0.25, 0.3) is 0 Å². The summed E-state index contributed by atoms with van der Waals surface area (Å²) in [5.74, 6) is 0.498. The Hall–Kier alpha value is -2.43. The van der Waals surface area contributed by atoms with Crippen molar-refractivity contribution in [1.82, 2.24) is 4.98 Å². The highest BCUT2D eigenvalue weighted by Gasteiger charge is 2.25. The van der Waals surface area contributed by atoms with Crippen LogP contribution in [0.5, 0.6) is 5.88 Å². The lowest BCUT2D eigenvalue weighted by Crippen LogP contribution is -2.23. The SMILES string of the molecule is COc1ccc(N2Cc3ccc(F)cc3C2=N)cn1. The number of rotatable bonds is 2. The molecule has 0 aliphatic carbocycles. The van der Waals surface area contributed by atoms with Crippen LogP contribution in [0.25, 0.3) is 0 Å². The molecule has 1 aliphatic rings. The predicted octanol–water partition coefficient (Wildman–Crippen LogP) is 2.57. The van der Waals surface area contributed by atoms with Gasteiger partial charge in [0.05, 0.1) is 25.5 Å². The first-order valence-electron chi connectivity index (χ1n) is 5.84. The second kappa shape index (κ2) is 4.35. The molecule has 0 spiro atoms. The molecule has 0 radical (unpaired) electrons. The van der Waals surface area contributed by atoms with Gasteiger partial charge < -0.3 is 9.64 Å². The van der Waals surface area contributed by atoms with E-state index in [4.69, 9.17) is 10.1 Å². The number of methoxy groups -OCH3 is 1. The van der Waals surface area contributed by atoms with Gasteiger partial charge in [-0.15, -0.1) is 0 Å². The Kier molecular flexibility index (Phi) is 2.67. The van der Waals surface area contributed by atoms with Gasteiger partial charge in [-0.3, -0.25) is 5.41 Å². The van der Waals surface area contributed by atoms with Crippen LogP contribution in [0, 0.1) is 11.2 Å². The van der Waals surface area contributed by atoms with Gasteiger partial charge in [-0.2, -0.15) is 0 Å². The van der Waals surface area contributed by atoms with Crippen LogP contribution in [0.3, 0.4) is 0 Å². The van der Waals surface area contributed by atoms with Gasteiger partial charge in [-0.1, -0.05) is 6.07 Å². The Morgan fingerprint density at radius 3 is 2.84 bits per heavy atom. The van der Waals surface area contributed by atoms with Crippen LogP contribution in [0.4, 0.5) is 10.1 Å². The Labute approximate surface area is 110 Å². The number of pyridine rings is 1. The number of nitrogens with zero attached hydrogens (tertiary/aromatic N) is 2. The third-order valence-electron chi connectivity index (χ3n) is 3.17. The van der Waals surface area contributed by atoms with E-state index in [1.54, 1.807) is 30.3 Å². The van der Waals surface area contributed by atoms with E-state index in [0.29, 0.717) is 23.8 Å². The number of fused-ring (bicyclic) bond motifs is 1. The second-order valence-electron chi connectivity index (χ2n) is 4.29. The smallest absolute Gasteiger partial charge is 0.213 e. The number of nitrogens with one attached hydrogen (secondary N) is 1. The fourth-order valence-electron chi connectivity index (χ4n) is 2.18. The summed E-state index contributed by atoms with van der Waals surface area (Å²) in [5.41, 5.74) is 2.38. The number of anilines is 1. The maximum absolute atomic E-state index is 13.2. The van der Waals surface area contributed by atoms with E-state index >= 15 is 0 Å². The fraction of sp³-hybridized carbons (Fsp3) is 0.143. The molecular formula is C14H12FN3O. The summed E-state index contributed by atoms with van der Waals surface area (Å²) in [7, 11) is 1.55. The van der Waals surface area contributed by atoms with Crippen LogP contribution < -0.4 is 9.64 Å². The van der Waals surface area contributed by atoms with E-state index in [0.717, 1.165) is 11.3 Å². The average Bonchev–Trinajstić information content (AvgIpc) is 2.76. The lowest BCUT2D eigenvalue weighted by molar-refractivity contribution is 0.398. The standard InChI is InChI=1S/C14H12FN3O/c1-19-13-5-4-11(7-17-13)18-8-9-2-3-10(15)6-12(9)14(18)16/h2-7,16H,8H2,1H3. The van der Waals surface area contributed by atoms with Crippen LogP contribution in [0.1, 0.15) is 11.1 Å². The van der Waals surface area contributed by atoms with Crippen molar-refractivity contribution in [3.05, 3.63) is 53.5 Å². The van der Waals surface area contributed by atoms with Crippen molar-refractivity contribution in [1.29, 1.82) is 5.41 Å². The Morgan fingerprint density at radius 2 is 2.16 bits per heavy atom. The summed E-state index contributed by atoms with van der Waals surface area (Å²) in [6.07, 6.45) is 1.65. The summed E-state index contributed by atoms with van der Waals surface area (Å²) in [6.45, 7) is 0.558. The highest BCUT2D eigenvalue weighted by Crippen LogP contribution is 2.28. The van der Waals surface area contributed by atoms with E-state index < -0.39 is 0 Å². The monoisotopic (exact) mass is 257 g/mol. The molecule has 19 heavy (non-hydrogen) atoms. The highest BCUT2D eigenvalue weighted by molar-refractivity contribution is 6.11. The van der Waals surface area contributed by atoms with E-state index in [9.17, 15) is 4.39 Å². The number of aromatic nitrogens is 1. The first-order chi connectivity index (χ1) is 9.19. The lowest BCUT2D eigenvalue weighted by Gasteiger charge is -2.17. The zero-order chi connectivity index (χ0) is 13.4. The van der Waals surface area contributed by atoms with E-state index in [1.807, 2.05) is 6.07 Å². The molecule has 3 rings (SSSR count). The van der Waals surface area contributed by atoms with Crippen molar-refractivity contribution in [2.75, 3.05) is 12.0 Å². The minimum atomic E-state index is -0.321. The number of hydrogen-bond donors (Lipinski definition) is 1. The summed E-state index contributed by atoms with van der Waals surface area (Å²) >= 11 is 0. The molecule has 0 atom stereocenters. The van der Waals surface area contributed by atoms with Gasteiger partial charge in [-0.25, -0.2) is 9.37 Å². The molecule has 0 bridgehead atoms. The van der Waals surface area contributed by atoms with Gasteiger partial charge in [0.2, 0.25) is 5.88 Å². The maximum atomic E-state index is 13.2. The van der Waals surface area contributed by atoms with Gasteiger partial charge in [0.1, 0.15) is 11.7 Å². The van der Waals surface area contributed by atoms with E-state index in [2.05, 4.69) is 4.98 Å². The quantitative estimate of drug-likeness (QED) is 0.899. The van der Waals surface area contributed by atoms with Crippen LogP contribution in [-0.2, 0) is 6.54 Å². The normalized spacial score (nSPS) is 13.6. The molecule has 2 heterocycles. The van der Waals surface area contributed by atoms with E-state index in [1.165, 1.54) is 12.1 Å². The lowest BCUT2D eigenvalue weighted by atomic mass is 10.1. The molecule has 1 aromatic carbocycles. The minimum absolute atomic E-state index is 0.293. The molecule has 5 heteroatoms. The molecule has 1 aromatic heterocycles. The second-order valence-corrected chi connectivity index (χ2v) is 4.29. The van der Waals surface area contributed by atoms with Crippen LogP contribution in [-0.4, -0.2) is 17.9 Å². The fourth-order valence-corrected chi connectivity index (χ4v) is 2.18. The van der Waals surface area contributed by atoms with Crippen molar-refractivity contribution < 1.29 is 9.13 Å². The van der Waals surface area contributed by atoms with Gasteiger partial charge in [0.15, 0.2) is 0 Å². The number of hydrogen-bond acceptors (Lipinski definition) is 3. The molecule has 96 valence electrons. The third-order valence-corrected chi connectivity index (χ3v) is 3.17. The Balaban J connectivity index is 1.94. The van der Waals surface area contributed by atoms with Crippen molar-refractivity contribution in [3.8, 4) is 5.88 Å². The average molecular weight is 257 g/mol. The van der Waals surface area contributed by atoms with Crippen LogP contribution >= 0.6 is 0 Å². The third kappa shape index (κ3) is 1.93. The van der Waals surface area contributed by atoms with E-state index in [-0.39, 0.29) is 5.82 Å². The highest BCUT2D eigenvalue weighted by atomic mass is 19.1. The number of halogens is 1. The topological polar surface area (TPSA) is 49.2 Å². The van der Waals surface area contributed by atoms with Gasteiger partial charge in [0, 0.05) is 11.6 Å². The molecule has 1 aliphatic heterocycles. The molecule has 1 N–H and O–H groups in total. The summed E-state index contributed by atoms with van der Waals surface area (Å²) in [6, 6.07) is 8.11. The number of benzene rings is 1. The zero-order valence-corrected chi connectivity index (χ0v) is 10.4. The Morgan fingerprint density at radius 1 is 1.32 bits per heavy atom. The van der Waals surface area contributed by atoms with Crippen molar-refractivity contribution in [3.63, 3.8) is 0 Å². The van der Waals surface area contributed by atoms with Crippen molar-refractivity contribution in [2.24, 2.45) is 0 Å². The number of amidine groups is 1. The van der Waals surface area contributed by atoms with Crippen molar-refractivity contribution in [2.45, 2.75) is 6.54 Å². The summed E-state index contributed by atoms with van der Waals surface area (Å²) in [4.78, 5) is 5.91. The summed E-state index contributed by atoms with van der Waals surface area (Å²) < 4.78 is 18.2. The first-order valence-corrected chi connectivity index (χ1v) is 5.84. The molecule has 0 unspecified atom stereocenters. The molecule has 0 saturated carbocycles. The molecule has 0 saturated heterocycles. The maximum Gasteiger partial charge on any atom is 0.213 e. The van der Waals surface area contributed by atoms with Crippen molar-refractivity contribution >= 4 is 11.5 Å². The predicted molar refractivity (Wildman–Crippen MR) is 70.2 cm³/mol. The zero-order valence-electron chi connectivity index (χ0n) is 10.4. The minimum Gasteiger partial charge on any atom is -0.481 e. The molecule has 4 nitrogen and oxygen atoms in total. The number of ether oxygens (including phenoxy) is 1. The first kappa shape index (κ1) is 11.6. The van der Waals surface area contributed by atoms with Crippen LogP contribution in [0.15, 0.2) is 36.5 Å². The van der Waals surface area contributed by atoms with Gasteiger partial charge in [-0.05, 0) is 23.8 Å². The summed E-state index contributed by atoms with van der Waals surface area (Å²) in [5, 5.41) is 8.12. The van der Waals surface area contributed by atoms with Crippen LogP contribution in [0.2, 0.25) is 0 Å². The largest absolute Gasteiger partial charge is 0.481 e. The molecular weight excluding hydrogens is 245 g/mol. The molecule has 0 fully saturated rings. The molecule has 2 aromatic rings. The molecule has 0 amide bonds.